The molecule has 2 aromatic carbocycles. The van der Waals surface area contributed by atoms with Gasteiger partial charge in [-0.2, -0.15) is 0 Å². The lowest BCUT2D eigenvalue weighted by Gasteiger charge is -2.15. The fourth-order valence-corrected chi connectivity index (χ4v) is 2.73. The number of rotatable bonds is 5. The topological polar surface area (TPSA) is 83.8 Å². The number of halogens is 3. The van der Waals surface area contributed by atoms with Crippen LogP contribution in [0.1, 0.15) is 47.3 Å². The van der Waals surface area contributed by atoms with Gasteiger partial charge in [-0.3, -0.25) is 4.79 Å². The number of aromatic amines is 1. The summed E-state index contributed by atoms with van der Waals surface area (Å²) in [5, 5.41) is 2.76. The SMILES string of the molecule is CC(C)c1ccc(C(N)CNC(=O)c2cc(F)cc3[nH]cnc23)cc1.Cl.Cl. The van der Waals surface area contributed by atoms with Gasteiger partial charge in [0, 0.05) is 12.6 Å². The molecule has 0 fully saturated rings. The molecule has 1 amide bonds. The van der Waals surface area contributed by atoms with E-state index in [0.29, 0.717) is 17.0 Å². The Bertz CT molecular complexity index is 896. The van der Waals surface area contributed by atoms with Gasteiger partial charge >= 0.3 is 0 Å². The zero-order chi connectivity index (χ0) is 18.0. The molecule has 3 rings (SSSR count). The molecule has 1 atom stereocenters. The number of nitrogens with two attached hydrogens (primary N) is 1. The number of carbonyl (C=O) groups is 1. The van der Waals surface area contributed by atoms with Crippen molar-refractivity contribution >= 4 is 41.8 Å². The number of nitrogens with one attached hydrogen (secondary N) is 2. The van der Waals surface area contributed by atoms with Crippen molar-refractivity contribution in [3.63, 3.8) is 0 Å². The van der Waals surface area contributed by atoms with E-state index in [2.05, 4.69) is 29.1 Å². The van der Waals surface area contributed by atoms with Gasteiger partial charge in [0.15, 0.2) is 0 Å². The highest BCUT2D eigenvalue weighted by atomic mass is 35.5. The Kier molecular flexibility index (Phi) is 8.21. The van der Waals surface area contributed by atoms with Crippen molar-refractivity contribution in [2.45, 2.75) is 25.8 Å². The largest absolute Gasteiger partial charge is 0.350 e. The standard InChI is InChI=1S/C19H21FN4O.2ClH/c1-11(2)12-3-5-13(6-4-12)16(21)9-22-19(25)15-7-14(20)8-17-18(15)24-10-23-17;;/h3-8,10-11,16H,9,21H2,1-2H3,(H,22,25)(H,23,24);2*1H. The summed E-state index contributed by atoms with van der Waals surface area (Å²) in [5.74, 6) is -0.435. The molecule has 0 aliphatic heterocycles. The van der Waals surface area contributed by atoms with Crippen LogP contribution in [0.5, 0.6) is 0 Å². The Hall–Kier alpha value is -2.15. The quantitative estimate of drug-likeness (QED) is 0.589. The van der Waals surface area contributed by atoms with E-state index in [9.17, 15) is 9.18 Å². The van der Waals surface area contributed by atoms with Crippen LogP contribution in [0, 0.1) is 5.82 Å². The summed E-state index contributed by atoms with van der Waals surface area (Å²) in [6.07, 6.45) is 1.43. The van der Waals surface area contributed by atoms with Crippen LogP contribution < -0.4 is 11.1 Å². The summed E-state index contributed by atoms with van der Waals surface area (Å²) in [4.78, 5) is 19.3. The number of hydrogen-bond donors (Lipinski definition) is 3. The van der Waals surface area contributed by atoms with Crippen LogP contribution in [-0.2, 0) is 0 Å². The zero-order valence-electron chi connectivity index (χ0n) is 15.0. The predicted molar refractivity (Wildman–Crippen MR) is 110 cm³/mol. The third kappa shape index (κ3) is 5.19. The maximum atomic E-state index is 13.6. The molecule has 0 spiro atoms. The van der Waals surface area contributed by atoms with E-state index in [1.165, 1.54) is 24.0 Å². The number of aromatic nitrogens is 2. The molecule has 8 heteroatoms. The third-order valence-electron chi connectivity index (χ3n) is 4.25. The molecule has 1 heterocycles. The molecule has 0 radical (unpaired) electrons. The third-order valence-corrected chi connectivity index (χ3v) is 4.25. The second-order valence-corrected chi connectivity index (χ2v) is 6.39. The second-order valence-electron chi connectivity index (χ2n) is 6.39. The average molecular weight is 413 g/mol. The maximum absolute atomic E-state index is 13.6. The fourth-order valence-electron chi connectivity index (χ4n) is 2.73. The Morgan fingerprint density at radius 3 is 2.44 bits per heavy atom. The van der Waals surface area contributed by atoms with Gasteiger partial charge in [-0.25, -0.2) is 9.37 Å². The Morgan fingerprint density at radius 2 is 1.81 bits per heavy atom. The van der Waals surface area contributed by atoms with Crippen molar-refractivity contribution in [1.29, 1.82) is 0 Å². The molecule has 0 bridgehead atoms. The number of imidazole rings is 1. The minimum Gasteiger partial charge on any atom is -0.350 e. The number of fused-ring (bicyclic) bond motifs is 1. The van der Waals surface area contributed by atoms with Crippen LogP contribution in [0.3, 0.4) is 0 Å². The molecule has 5 nitrogen and oxygen atoms in total. The van der Waals surface area contributed by atoms with Crippen LogP contribution in [0.25, 0.3) is 11.0 Å². The van der Waals surface area contributed by atoms with Crippen LogP contribution in [0.2, 0.25) is 0 Å². The first kappa shape index (κ1) is 22.9. The lowest BCUT2D eigenvalue weighted by atomic mass is 9.99. The van der Waals surface area contributed by atoms with Gasteiger partial charge in [0.1, 0.15) is 11.3 Å². The van der Waals surface area contributed by atoms with Gasteiger partial charge in [-0.1, -0.05) is 38.1 Å². The Balaban J connectivity index is 0.00000182. The summed E-state index contributed by atoms with van der Waals surface area (Å²) < 4.78 is 13.6. The minimum absolute atomic E-state index is 0. The molecule has 0 aliphatic rings. The van der Waals surface area contributed by atoms with E-state index in [1.54, 1.807) is 0 Å². The zero-order valence-corrected chi connectivity index (χ0v) is 16.7. The van der Waals surface area contributed by atoms with Crippen LogP contribution in [0.15, 0.2) is 42.7 Å². The summed E-state index contributed by atoms with van der Waals surface area (Å²) in [7, 11) is 0. The summed E-state index contributed by atoms with van der Waals surface area (Å²) in [5.41, 5.74) is 9.45. The number of nitrogens with zero attached hydrogens (tertiary/aromatic N) is 1. The van der Waals surface area contributed by atoms with Crippen LogP contribution in [-0.4, -0.2) is 22.4 Å². The lowest BCUT2D eigenvalue weighted by Crippen LogP contribution is -2.32. The van der Waals surface area contributed by atoms with Crippen molar-refractivity contribution in [1.82, 2.24) is 15.3 Å². The van der Waals surface area contributed by atoms with E-state index >= 15 is 0 Å². The molecular formula is C19H23Cl2FN4O. The first-order valence-corrected chi connectivity index (χ1v) is 8.22. The highest BCUT2D eigenvalue weighted by molar-refractivity contribution is 6.04. The fraction of sp³-hybridized carbons (Fsp3) is 0.263. The highest BCUT2D eigenvalue weighted by Crippen LogP contribution is 2.19. The molecule has 146 valence electrons. The molecule has 0 saturated carbocycles. The first-order chi connectivity index (χ1) is 12.0. The van der Waals surface area contributed by atoms with Gasteiger partial charge in [0.25, 0.3) is 5.91 Å². The second kappa shape index (κ2) is 9.69. The van der Waals surface area contributed by atoms with Crippen molar-refractivity contribution in [2.75, 3.05) is 6.54 Å². The van der Waals surface area contributed by atoms with Gasteiger partial charge < -0.3 is 16.0 Å². The maximum Gasteiger partial charge on any atom is 0.253 e. The van der Waals surface area contributed by atoms with Gasteiger partial charge in [0.2, 0.25) is 0 Å². The number of H-pyrrole nitrogens is 1. The predicted octanol–water partition coefficient (Wildman–Crippen LogP) is 4.10. The van der Waals surface area contributed by atoms with E-state index in [-0.39, 0.29) is 43.0 Å². The van der Waals surface area contributed by atoms with E-state index in [1.807, 2.05) is 24.3 Å². The number of amides is 1. The van der Waals surface area contributed by atoms with E-state index < -0.39 is 11.7 Å². The van der Waals surface area contributed by atoms with Crippen molar-refractivity contribution < 1.29 is 9.18 Å². The van der Waals surface area contributed by atoms with Gasteiger partial charge in [-0.05, 0) is 29.2 Å². The summed E-state index contributed by atoms with van der Waals surface area (Å²) in [6, 6.07) is 10.2. The number of carbonyl (C=O) groups excluding carboxylic acids is 1. The number of hydrogen-bond acceptors (Lipinski definition) is 3. The molecule has 3 aromatic rings. The van der Waals surface area contributed by atoms with Crippen molar-refractivity contribution in [2.24, 2.45) is 5.73 Å². The lowest BCUT2D eigenvalue weighted by molar-refractivity contribution is 0.0952. The van der Waals surface area contributed by atoms with Gasteiger partial charge in [-0.15, -0.1) is 24.8 Å². The molecule has 0 aliphatic carbocycles. The summed E-state index contributed by atoms with van der Waals surface area (Å²) >= 11 is 0. The monoisotopic (exact) mass is 412 g/mol. The Morgan fingerprint density at radius 1 is 1.19 bits per heavy atom. The molecule has 27 heavy (non-hydrogen) atoms. The van der Waals surface area contributed by atoms with Gasteiger partial charge in [0.05, 0.1) is 17.4 Å². The Labute approximate surface area is 169 Å². The average Bonchev–Trinajstić information content (AvgIpc) is 3.06. The van der Waals surface area contributed by atoms with Crippen molar-refractivity contribution in [3.05, 3.63) is 65.2 Å². The molecule has 0 saturated heterocycles. The van der Waals surface area contributed by atoms with Crippen LogP contribution >= 0.6 is 24.8 Å². The first-order valence-electron chi connectivity index (χ1n) is 8.22. The minimum atomic E-state index is -0.490. The highest BCUT2D eigenvalue weighted by Gasteiger charge is 2.15. The number of benzene rings is 2. The normalized spacial score (nSPS) is 11.6. The van der Waals surface area contributed by atoms with Crippen molar-refractivity contribution in [3.8, 4) is 0 Å². The smallest absolute Gasteiger partial charge is 0.253 e. The van der Waals surface area contributed by atoms with E-state index in [0.717, 1.165) is 5.56 Å². The molecule has 4 N–H and O–H groups in total. The molecule has 1 aromatic heterocycles. The summed E-state index contributed by atoms with van der Waals surface area (Å²) in [6.45, 7) is 4.51. The van der Waals surface area contributed by atoms with E-state index in [4.69, 9.17) is 5.73 Å². The van der Waals surface area contributed by atoms with Crippen LogP contribution in [0.4, 0.5) is 4.39 Å². The molecule has 1 unspecified atom stereocenters. The molecular weight excluding hydrogens is 390 g/mol.